The second kappa shape index (κ2) is 6.86. The molecule has 0 atom stereocenters. The number of rotatable bonds is 5. The Morgan fingerprint density at radius 2 is 1.31 bits per heavy atom. The highest BCUT2D eigenvalue weighted by Crippen LogP contribution is 2.37. The molecule has 2 aromatic carbocycles. The molecular weight excluding hydrogens is 319 g/mol. The molecule has 0 unspecified atom stereocenters. The molecule has 3 heteroatoms. The molecule has 1 aliphatic rings. The fourth-order valence-electron chi connectivity index (χ4n) is 3.62. The Morgan fingerprint density at radius 1 is 0.769 bits per heavy atom. The second-order valence-electron chi connectivity index (χ2n) is 9.29. The van der Waals surface area contributed by atoms with Crippen LogP contribution >= 0.6 is 0 Å². The number of hydrogen-bond acceptors (Lipinski definition) is 2. The van der Waals surface area contributed by atoms with Gasteiger partial charge in [-0.25, -0.2) is 0 Å². The zero-order valence-electron chi connectivity index (χ0n) is 17.0. The van der Waals surface area contributed by atoms with Crippen LogP contribution in [0, 0.1) is 5.41 Å². The second-order valence-corrected chi connectivity index (χ2v) is 9.29. The van der Waals surface area contributed by atoms with Crippen molar-refractivity contribution in [2.45, 2.75) is 65.6 Å². The lowest BCUT2D eigenvalue weighted by Gasteiger charge is -2.32. The third-order valence-corrected chi connectivity index (χ3v) is 5.76. The Labute approximate surface area is 159 Å². The first-order valence-electron chi connectivity index (χ1n) is 9.57. The quantitative estimate of drug-likeness (QED) is 0.722. The summed E-state index contributed by atoms with van der Waals surface area (Å²) in [5.74, 6) is 0. The van der Waals surface area contributed by atoms with Crippen molar-refractivity contribution >= 4 is 12.6 Å². The lowest BCUT2D eigenvalue weighted by molar-refractivity contribution is 0.00578. The Kier molecular flexibility index (Phi) is 5.07. The average Bonchev–Trinajstić information content (AvgIpc) is 2.76. The molecule has 1 fully saturated rings. The van der Waals surface area contributed by atoms with Gasteiger partial charge in [-0.3, -0.25) is 0 Å². The van der Waals surface area contributed by atoms with Gasteiger partial charge in [-0.2, -0.15) is 0 Å². The van der Waals surface area contributed by atoms with E-state index in [2.05, 4.69) is 96.1 Å². The Morgan fingerprint density at radius 3 is 1.92 bits per heavy atom. The molecule has 2 nitrogen and oxygen atoms in total. The summed E-state index contributed by atoms with van der Waals surface area (Å²) in [6.07, 6.45) is 2.04. The van der Waals surface area contributed by atoms with E-state index in [0.29, 0.717) is 0 Å². The van der Waals surface area contributed by atoms with Crippen LogP contribution in [0.1, 0.15) is 52.7 Å². The van der Waals surface area contributed by atoms with E-state index in [0.717, 1.165) is 18.3 Å². The predicted octanol–water partition coefficient (Wildman–Crippen LogP) is 4.80. The summed E-state index contributed by atoms with van der Waals surface area (Å²) in [5, 5.41) is 0. The van der Waals surface area contributed by atoms with E-state index in [1.54, 1.807) is 0 Å². The van der Waals surface area contributed by atoms with Crippen LogP contribution in [0.3, 0.4) is 0 Å². The van der Waals surface area contributed by atoms with Gasteiger partial charge in [-0.1, -0.05) is 68.4 Å². The van der Waals surface area contributed by atoms with Crippen molar-refractivity contribution < 1.29 is 9.31 Å². The standard InChI is InChI=1S/C23H31BO2/c1-21(2,16-18-12-8-7-9-13-18)17-19-14-10-11-15-20(19)24-25-22(3,4)23(5,6)26-24/h7-15H,16-17H2,1-6H3. The van der Waals surface area contributed by atoms with Crippen LogP contribution in [-0.4, -0.2) is 18.3 Å². The highest BCUT2D eigenvalue weighted by molar-refractivity contribution is 6.62. The third-order valence-electron chi connectivity index (χ3n) is 5.76. The van der Waals surface area contributed by atoms with Crippen molar-refractivity contribution in [2.24, 2.45) is 5.41 Å². The van der Waals surface area contributed by atoms with E-state index in [1.165, 1.54) is 11.1 Å². The van der Waals surface area contributed by atoms with Crippen molar-refractivity contribution in [1.82, 2.24) is 0 Å². The molecule has 0 bridgehead atoms. The maximum absolute atomic E-state index is 6.30. The highest BCUT2D eigenvalue weighted by Gasteiger charge is 2.52. The van der Waals surface area contributed by atoms with Gasteiger partial charge in [0, 0.05) is 0 Å². The van der Waals surface area contributed by atoms with Crippen molar-refractivity contribution in [3.8, 4) is 0 Å². The molecular formula is C23H31BO2. The molecule has 1 heterocycles. The minimum Gasteiger partial charge on any atom is -0.399 e. The van der Waals surface area contributed by atoms with Crippen LogP contribution in [0.25, 0.3) is 0 Å². The summed E-state index contributed by atoms with van der Waals surface area (Å²) in [7, 11) is -0.302. The highest BCUT2D eigenvalue weighted by atomic mass is 16.7. The monoisotopic (exact) mass is 350 g/mol. The molecule has 0 saturated carbocycles. The Bertz CT molecular complexity index is 734. The molecule has 1 saturated heterocycles. The van der Waals surface area contributed by atoms with Crippen LogP contribution in [0.4, 0.5) is 0 Å². The van der Waals surface area contributed by atoms with E-state index >= 15 is 0 Å². The van der Waals surface area contributed by atoms with Gasteiger partial charge < -0.3 is 9.31 Å². The zero-order chi connectivity index (χ0) is 19.0. The van der Waals surface area contributed by atoms with Gasteiger partial charge in [0.1, 0.15) is 0 Å². The topological polar surface area (TPSA) is 18.5 Å². The van der Waals surface area contributed by atoms with Crippen molar-refractivity contribution in [3.63, 3.8) is 0 Å². The number of benzene rings is 2. The normalized spacial score (nSPS) is 18.9. The van der Waals surface area contributed by atoms with Gasteiger partial charge >= 0.3 is 7.12 Å². The van der Waals surface area contributed by atoms with E-state index in [9.17, 15) is 0 Å². The summed E-state index contributed by atoms with van der Waals surface area (Å²) in [6, 6.07) is 19.3. The first-order chi connectivity index (χ1) is 12.1. The van der Waals surface area contributed by atoms with Gasteiger partial charge in [0.15, 0.2) is 0 Å². The fourth-order valence-corrected chi connectivity index (χ4v) is 3.62. The molecule has 1 aliphatic heterocycles. The van der Waals surface area contributed by atoms with Gasteiger partial charge in [-0.05, 0) is 62.5 Å². The van der Waals surface area contributed by atoms with Crippen LogP contribution in [-0.2, 0) is 22.2 Å². The molecule has 0 aromatic heterocycles. The van der Waals surface area contributed by atoms with Gasteiger partial charge in [0.25, 0.3) is 0 Å². The maximum Gasteiger partial charge on any atom is 0.495 e. The third kappa shape index (κ3) is 4.05. The summed E-state index contributed by atoms with van der Waals surface area (Å²) >= 11 is 0. The first-order valence-corrected chi connectivity index (χ1v) is 9.57. The number of hydrogen-bond donors (Lipinski definition) is 0. The lowest BCUT2D eigenvalue weighted by atomic mass is 9.71. The van der Waals surface area contributed by atoms with E-state index in [1.807, 2.05) is 0 Å². The minimum absolute atomic E-state index is 0.154. The fraction of sp³-hybridized carbons (Fsp3) is 0.478. The first kappa shape index (κ1) is 19.2. The van der Waals surface area contributed by atoms with Gasteiger partial charge in [-0.15, -0.1) is 0 Å². The lowest BCUT2D eigenvalue weighted by Crippen LogP contribution is -2.41. The molecule has 0 N–H and O–H groups in total. The smallest absolute Gasteiger partial charge is 0.399 e. The molecule has 0 spiro atoms. The van der Waals surface area contributed by atoms with Crippen molar-refractivity contribution in [2.75, 3.05) is 0 Å². The summed E-state index contributed by atoms with van der Waals surface area (Å²) in [5.41, 5.74) is 3.38. The largest absolute Gasteiger partial charge is 0.495 e. The van der Waals surface area contributed by atoms with Crippen molar-refractivity contribution in [1.29, 1.82) is 0 Å². The molecule has 0 aliphatic carbocycles. The molecule has 0 amide bonds. The van der Waals surface area contributed by atoms with E-state index in [-0.39, 0.29) is 23.7 Å². The minimum atomic E-state index is -0.315. The van der Waals surface area contributed by atoms with Crippen LogP contribution in [0.5, 0.6) is 0 Å². The summed E-state index contributed by atoms with van der Waals surface area (Å²) in [6.45, 7) is 13.1. The molecule has 26 heavy (non-hydrogen) atoms. The van der Waals surface area contributed by atoms with Crippen LogP contribution < -0.4 is 5.46 Å². The zero-order valence-corrected chi connectivity index (χ0v) is 17.0. The maximum atomic E-state index is 6.30. The summed E-state index contributed by atoms with van der Waals surface area (Å²) in [4.78, 5) is 0. The predicted molar refractivity (Wildman–Crippen MR) is 110 cm³/mol. The summed E-state index contributed by atoms with van der Waals surface area (Å²) < 4.78 is 12.6. The molecule has 0 radical (unpaired) electrons. The van der Waals surface area contributed by atoms with Gasteiger partial charge in [0.05, 0.1) is 11.2 Å². The molecule has 3 rings (SSSR count). The Hall–Kier alpha value is -1.58. The Balaban J connectivity index is 1.82. The average molecular weight is 350 g/mol. The molecule has 138 valence electrons. The van der Waals surface area contributed by atoms with Crippen LogP contribution in [0.15, 0.2) is 54.6 Å². The van der Waals surface area contributed by atoms with Gasteiger partial charge in [0.2, 0.25) is 0 Å². The molecule has 2 aromatic rings. The van der Waals surface area contributed by atoms with Crippen molar-refractivity contribution in [3.05, 3.63) is 65.7 Å². The SMILES string of the molecule is CC(C)(Cc1ccccc1)Cc1ccccc1B1OC(C)(C)C(C)(C)O1. The van der Waals surface area contributed by atoms with E-state index < -0.39 is 0 Å². The van der Waals surface area contributed by atoms with E-state index in [4.69, 9.17) is 9.31 Å². The van der Waals surface area contributed by atoms with Crippen LogP contribution in [0.2, 0.25) is 0 Å².